The summed E-state index contributed by atoms with van der Waals surface area (Å²) in [5.41, 5.74) is 11.8. The van der Waals surface area contributed by atoms with Crippen molar-refractivity contribution < 1.29 is 4.79 Å². The lowest BCUT2D eigenvalue weighted by atomic mass is 10.2. The first kappa shape index (κ1) is 9.21. The van der Waals surface area contributed by atoms with E-state index in [1.54, 1.807) is 4.68 Å². The zero-order valence-electron chi connectivity index (χ0n) is 7.89. The zero-order chi connectivity index (χ0) is 10.1. The molecule has 1 aromatic heterocycles. The van der Waals surface area contributed by atoms with Gasteiger partial charge in [-0.25, -0.2) is 0 Å². The van der Waals surface area contributed by atoms with Gasteiger partial charge < -0.3 is 11.5 Å². The number of aromatic nitrogens is 2. The number of rotatable bonds is 4. The van der Waals surface area contributed by atoms with Crippen molar-refractivity contribution in [3.05, 3.63) is 18.0 Å². The molecule has 1 fully saturated rings. The van der Waals surface area contributed by atoms with Gasteiger partial charge in [0.05, 0.1) is 12.7 Å². The first-order chi connectivity index (χ1) is 6.66. The van der Waals surface area contributed by atoms with Crippen molar-refractivity contribution in [2.45, 2.75) is 31.3 Å². The van der Waals surface area contributed by atoms with Gasteiger partial charge in [-0.05, 0) is 24.3 Å². The number of nitrogens with zero attached hydrogens (tertiary/aromatic N) is 2. The molecule has 4 N–H and O–H groups in total. The van der Waals surface area contributed by atoms with Crippen molar-refractivity contribution in [3.63, 3.8) is 0 Å². The Labute approximate surface area is 82.1 Å². The van der Waals surface area contributed by atoms with Crippen molar-refractivity contribution >= 4 is 5.91 Å². The van der Waals surface area contributed by atoms with Crippen molar-refractivity contribution in [2.24, 2.45) is 11.5 Å². The van der Waals surface area contributed by atoms with Gasteiger partial charge in [-0.2, -0.15) is 5.10 Å². The standard InChI is InChI=1S/C9H14N4O/c10-8(9(11)14)5-13-4-7(3-12-13)6-1-2-6/h3-4,6,8H,1-2,5,10H2,(H2,11,14). The van der Waals surface area contributed by atoms with E-state index < -0.39 is 11.9 Å². The van der Waals surface area contributed by atoms with E-state index in [1.807, 2.05) is 12.4 Å². The first-order valence-electron chi connectivity index (χ1n) is 4.74. The molecule has 1 aliphatic carbocycles. The van der Waals surface area contributed by atoms with Crippen LogP contribution in [0.2, 0.25) is 0 Å². The summed E-state index contributed by atoms with van der Waals surface area (Å²) in [5, 5.41) is 4.13. The predicted octanol–water partition coefficient (Wildman–Crippen LogP) is -0.427. The monoisotopic (exact) mass is 194 g/mol. The van der Waals surface area contributed by atoms with Crippen LogP contribution in [-0.2, 0) is 11.3 Å². The minimum absolute atomic E-state index is 0.363. The van der Waals surface area contributed by atoms with Crippen LogP contribution >= 0.6 is 0 Å². The van der Waals surface area contributed by atoms with Gasteiger partial charge in [-0.3, -0.25) is 9.48 Å². The molecule has 5 heteroatoms. The average molecular weight is 194 g/mol. The summed E-state index contributed by atoms with van der Waals surface area (Å²) in [6.45, 7) is 0.363. The van der Waals surface area contributed by atoms with Crippen molar-refractivity contribution in [1.82, 2.24) is 9.78 Å². The minimum Gasteiger partial charge on any atom is -0.368 e. The predicted molar refractivity (Wildman–Crippen MR) is 51.4 cm³/mol. The Morgan fingerprint density at radius 3 is 3.00 bits per heavy atom. The summed E-state index contributed by atoms with van der Waals surface area (Å²) >= 11 is 0. The van der Waals surface area contributed by atoms with Crippen LogP contribution in [0.3, 0.4) is 0 Å². The smallest absolute Gasteiger partial charge is 0.236 e. The Morgan fingerprint density at radius 2 is 2.43 bits per heavy atom. The van der Waals surface area contributed by atoms with Crippen LogP contribution in [0.5, 0.6) is 0 Å². The third kappa shape index (κ3) is 1.93. The highest BCUT2D eigenvalue weighted by Crippen LogP contribution is 2.39. The van der Waals surface area contributed by atoms with Crippen molar-refractivity contribution in [2.75, 3.05) is 0 Å². The second kappa shape index (κ2) is 3.42. The van der Waals surface area contributed by atoms with Crippen molar-refractivity contribution in [1.29, 1.82) is 0 Å². The number of amides is 1. The Bertz CT molecular complexity index is 342. The molecule has 1 unspecified atom stereocenters. The highest BCUT2D eigenvalue weighted by Gasteiger charge is 2.25. The van der Waals surface area contributed by atoms with Gasteiger partial charge in [0.15, 0.2) is 0 Å². The second-order valence-corrected chi connectivity index (χ2v) is 3.78. The molecule has 0 aromatic carbocycles. The fourth-order valence-electron chi connectivity index (χ4n) is 1.40. The molecule has 76 valence electrons. The van der Waals surface area contributed by atoms with Gasteiger partial charge in [0, 0.05) is 6.20 Å². The van der Waals surface area contributed by atoms with E-state index in [4.69, 9.17) is 11.5 Å². The molecule has 0 spiro atoms. The molecule has 14 heavy (non-hydrogen) atoms. The molecule has 2 rings (SSSR count). The molecule has 1 saturated carbocycles. The van der Waals surface area contributed by atoms with Crippen LogP contribution in [0.4, 0.5) is 0 Å². The lowest BCUT2D eigenvalue weighted by molar-refractivity contribution is -0.119. The molecular weight excluding hydrogens is 180 g/mol. The van der Waals surface area contributed by atoms with Gasteiger partial charge in [0.2, 0.25) is 5.91 Å². The van der Waals surface area contributed by atoms with Crippen LogP contribution < -0.4 is 11.5 Å². The fourth-order valence-corrected chi connectivity index (χ4v) is 1.40. The number of carbonyl (C=O) groups is 1. The van der Waals surface area contributed by atoms with E-state index in [-0.39, 0.29) is 0 Å². The van der Waals surface area contributed by atoms with E-state index in [0.717, 1.165) is 0 Å². The fraction of sp³-hybridized carbons (Fsp3) is 0.556. The van der Waals surface area contributed by atoms with Crippen molar-refractivity contribution in [3.8, 4) is 0 Å². The summed E-state index contributed by atoms with van der Waals surface area (Å²) in [5.74, 6) is 0.182. The van der Waals surface area contributed by atoms with Crippen LogP contribution in [0, 0.1) is 0 Å². The number of nitrogens with two attached hydrogens (primary N) is 2. The van der Waals surface area contributed by atoms with Gasteiger partial charge >= 0.3 is 0 Å². The molecule has 0 bridgehead atoms. The quantitative estimate of drug-likeness (QED) is 0.682. The normalized spacial score (nSPS) is 18.1. The summed E-state index contributed by atoms with van der Waals surface area (Å²) in [4.78, 5) is 10.7. The van der Waals surface area contributed by atoms with E-state index in [2.05, 4.69) is 5.10 Å². The van der Waals surface area contributed by atoms with E-state index in [1.165, 1.54) is 18.4 Å². The summed E-state index contributed by atoms with van der Waals surface area (Å²) < 4.78 is 1.68. The third-order valence-electron chi connectivity index (χ3n) is 2.45. The van der Waals surface area contributed by atoms with Gasteiger partial charge in [0.1, 0.15) is 6.04 Å². The minimum atomic E-state index is -0.651. The zero-order valence-corrected chi connectivity index (χ0v) is 7.89. The molecule has 1 atom stereocenters. The second-order valence-electron chi connectivity index (χ2n) is 3.78. The number of carbonyl (C=O) groups excluding carboxylic acids is 1. The Balaban J connectivity index is 1.98. The third-order valence-corrected chi connectivity index (χ3v) is 2.45. The summed E-state index contributed by atoms with van der Waals surface area (Å²) in [6, 6.07) is -0.651. The number of hydrogen-bond donors (Lipinski definition) is 2. The number of primary amides is 1. The molecule has 0 radical (unpaired) electrons. The molecule has 1 amide bonds. The summed E-state index contributed by atoms with van der Waals surface area (Å²) in [6.07, 6.45) is 6.27. The largest absolute Gasteiger partial charge is 0.368 e. The molecular formula is C9H14N4O. The average Bonchev–Trinajstić information content (AvgIpc) is 2.88. The Kier molecular flexibility index (Phi) is 2.25. The van der Waals surface area contributed by atoms with Crippen LogP contribution in [0.25, 0.3) is 0 Å². The van der Waals surface area contributed by atoms with Gasteiger partial charge in [-0.1, -0.05) is 0 Å². The Morgan fingerprint density at radius 1 is 1.71 bits per heavy atom. The topological polar surface area (TPSA) is 86.9 Å². The lowest BCUT2D eigenvalue weighted by Crippen LogP contribution is -2.39. The molecule has 1 aromatic rings. The molecule has 1 aliphatic rings. The van der Waals surface area contributed by atoms with Crippen LogP contribution in [0.1, 0.15) is 24.3 Å². The maximum Gasteiger partial charge on any atom is 0.236 e. The molecule has 5 nitrogen and oxygen atoms in total. The molecule has 0 saturated heterocycles. The van der Waals surface area contributed by atoms with E-state index >= 15 is 0 Å². The Hall–Kier alpha value is -1.36. The first-order valence-corrected chi connectivity index (χ1v) is 4.74. The number of hydrogen-bond acceptors (Lipinski definition) is 3. The molecule has 0 aliphatic heterocycles. The summed E-state index contributed by atoms with van der Waals surface area (Å²) in [7, 11) is 0. The van der Waals surface area contributed by atoms with E-state index in [0.29, 0.717) is 12.5 Å². The highest BCUT2D eigenvalue weighted by molar-refractivity contribution is 5.79. The van der Waals surface area contributed by atoms with Gasteiger partial charge in [0.25, 0.3) is 0 Å². The van der Waals surface area contributed by atoms with Crippen LogP contribution in [0.15, 0.2) is 12.4 Å². The maximum atomic E-state index is 10.7. The maximum absolute atomic E-state index is 10.7. The highest BCUT2D eigenvalue weighted by atomic mass is 16.1. The SMILES string of the molecule is NC(=O)C(N)Cn1cc(C2CC2)cn1. The lowest BCUT2D eigenvalue weighted by Gasteiger charge is -2.06. The van der Waals surface area contributed by atoms with Crippen LogP contribution in [-0.4, -0.2) is 21.7 Å². The van der Waals surface area contributed by atoms with Gasteiger partial charge in [-0.15, -0.1) is 0 Å². The molecule has 1 heterocycles. The van der Waals surface area contributed by atoms with E-state index in [9.17, 15) is 4.79 Å².